The average molecular weight is 363 g/mol. The summed E-state index contributed by atoms with van der Waals surface area (Å²) in [5, 5.41) is 4.79. The molecule has 0 spiro atoms. The predicted octanol–water partition coefficient (Wildman–Crippen LogP) is 2.22. The molecule has 0 N–H and O–H groups in total. The first-order valence-corrected chi connectivity index (χ1v) is 8.52. The number of fused-ring (bicyclic) bond motifs is 3. The highest BCUT2D eigenvalue weighted by molar-refractivity contribution is 5.89. The van der Waals surface area contributed by atoms with Crippen molar-refractivity contribution < 1.29 is 9.53 Å². The van der Waals surface area contributed by atoms with E-state index in [1.54, 1.807) is 55.7 Å². The Balaban J connectivity index is 1.87. The Bertz CT molecular complexity index is 1240. The number of pyridine rings is 1. The highest BCUT2D eigenvalue weighted by Crippen LogP contribution is 2.16. The fourth-order valence-electron chi connectivity index (χ4n) is 3.06. The van der Waals surface area contributed by atoms with E-state index in [2.05, 4.69) is 15.1 Å². The van der Waals surface area contributed by atoms with Crippen molar-refractivity contribution in [2.24, 2.45) is 0 Å². The predicted molar refractivity (Wildman–Crippen MR) is 99.3 cm³/mol. The summed E-state index contributed by atoms with van der Waals surface area (Å²) in [5.41, 5.74) is 2.11. The van der Waals surface area contributed by atoms with Gasteiger partial charge in [0.2, 0.25) is 0 Å². The van der Waals surface area contributed by atoms with Crippen LogP contribution in [0.1, 0.15) is 28.8 Å². The largest absolute Gasteiger partial charge is 0.462 e. The lowest BCUT2D eigenvalue weighted by Gasteiger charge is -2.10. The summed E-state index contributed by atoms with van der Waals surface area (Å²) in [4.78, 5) is 33.5. The smallest absolute Gasteiger partial charge is 0.338 e. The maximum absolute atomic E-state index is 13.1. The molecular formula is C19H17N5O3. The number of hydrogen-bond donors (Lipinski definition) is 0. The summed E-state index contributed by atoms with van der Waals surface area (Å²) in [6.45, 7) is 5.63. The molecule has 0 saturated carbocycles. The summed E-state index contributed by atoms with van der Waals surface area (Å²) in [5.74, 6) is 0.667. The molecule has 0 aliphatic heterocycles. The standard InChI is InChI=1S/C19H17N5O3/c1-4-27-18(26)13-5-7-14(8-6-13)23-10-9-15-16(17(23)25)11(2)20-19-21-12(3)22-24(15)19/h5-10H,4H2,1-3H3. The lowest BCUT2D eigenvalue weighted by Crippen LogP contribution is -2.20. The van der Waals surface area contributed by atoms with Gasteiger partial charge in [0.1, 0.15) is 5.82 Å². The van der Waals surface area contributed by atoms with Gasteiger partial charge in [-0.25, -0.2) is 9.78 Å². The van der Waals surface area contributed by atoms with Crippen LogP contribution < -0.4 is 5.56 Å². The fourth-order valence-corrected chi connectivity index (χ4v) is 3.06. The molecule has 136 valence electrons. The van der Waals surface area contributed by atoms with Gasteiger partial charge in [-0.3, -0.25) is 9.36 Å². The second-order valence-corrected chi connectivity index (χ2v) is 6.09. The van der Waals surface area contributed by atoms with Crippen molar-refractivity contribution in [2.75, 3.05) is 6.61 Å². The van der Waals surface area contributed by atoms with Crippen LogP contribution in [0, 0.1) is 13.8 Å². The third-order valence-corrected chi connectivity index (χ3v) is 4.28. The van der Waals surface area contributed by atoms with Gasteiger partial charge in [0.15, 0.2) is 0 Å². The number of nitrogens with zero attached hydrogens (tertiary/aromatic N) is 5. The maximum Gasteiger partial charge on any atom is 0.338 e. The minimum Gasteiger partial charge on any atom is -0.462 e. The van der Waals surface area contributed by atoms with Gasteiger partial charge in [-0.05, 0) is 51.1 Å². The number of ether oxygens (including phenoxy) is 1. The topological polar surface area (TPSA) is 91.4 Å². The molecule has 0 aliphatic carbocycles. The van der Waals surface area contributed by atoms with Crippen LogP contribution in [0.4, 0.5) is 0 Å². The van der Waals surface area contributed by atoms with Gasteiger partial charge in [0.05, 0.1) is 28.8 Å². The molecule has 0 saturated heterocycles. The second-order valence-electron chi connectivity index (χ2n) is 6.09. The molecule has 0 aliphatic rings. The first kappa shape index (κ1) is 16.9. The summed E-state index contributed by atoms with van der Waals surface area (Å²) in [7, 11) is 0. The molecule has 0 unspecified atom stereocenters. The Labute approximate surface area is 154 Å². The van der Waals surface area contributed by atoms with Crippen molar-refractivity contribution in [3.8, 4) is 5.69 Å². The summed E-state index contributed by atoms with van der Waals surface area (Å²) >= 11 is 0. The Kier molecular flexibility index (Phi) is 3.95. The molecule has 3 aromatic heterocycles. The highest BCUT2D eigenvalue weighted by Gasteiger charge is 2.14. The van der Waals surface area contributed by atoms with Gasteiger partial charge in [0.25, 0.3) is 11.3 Å². The Morgan fingerprint density at radius 2 is 1.85 bits per heavy atom. The number of benzene rings is 1. The van der Waals surface area contributed by atoms with Crippen molar-refractivity contribution in [3.63, 3.8) is 0 Å². The number of aromatic nitrogens is 5. The Morgan fingerprint density at radius 3 is 2.56 bits per heavy atom. The number of rotatable bonds is 3. The molecule has 8 nitrogen and oxygen atoms in total. The van der Waals surface area contributed by atoms with E-state index >= 15 is 0 Å². The first-order valence-electron chi connectivity index (χ1n) is 8.52. The van der Waals surface area contributed by atoms with E-state index in [1.165, 1.54) is 4.57 Å². The molecule has 8 heteroatoms. The molecule has 0 fully saturated rings. The van der Waals surface area contributed by atoms with Crippen molar-refractivity contribution in [2.45, 2.75) is 20.8 Å². The van der Waals surface area contributed by atoms with Crippen LogP contribution in [-0.2, 0) is 4.74 Å². The first-order chi connectivity index (χ1) is 13.0. The van der Waals surface area contributed by atoms with E-state index in [1.807, 2.05) is 6.07 Å². The normalized spacial score (nSPS) is 11.2. The van der Waals surface area contributed by atoms with Crippen LogP contribution in [0.15, 0.2) is 41.3 Å². The number of esters is 1. The number of hydrogen-bond acceptors (Lipinski definition) is 6. The quantitative estimate of drug-likeness (QED) is 0.518. The molecule has 0 atom stereocenters. The van der Waals surface area contributed by atoms with Crippen LogP contribution in [-0.4, -0.2) is 36.7 Å². The fraction of sp³-hybridized carbons (Fsp3) is 0.211. The van der Waals surface area contributed by atoms with Crippen molar-refractivity contribution >= 4 is 22.6 Å². The van der Waals surface area contributed by atoms with Crippen molar-refractivity contribution in [1.82, 2.24) is 24.1 Å². The monoisotopic (exact) mass is 363 g/mol. The zero-order valence-electron chi connectivity index (χ0n) is 15.1. The van der Waals surface area contributed by atoms with Crippen molar-refractivity contribution in [3.05, 3.63) is 64.0 Å². The highest BCUT2D eigenvalue weighted by atomic mass is 16.5. The minimum absolute atomic E-state index is 0.212. The van der Waals surface area contributed by atoms with Gasteiger partial charge < -0.3 is 4.74 Å². The second kappa shape index (κ2) is 6.31. The molecular weight excluding hydrogens is 346 g/mol. The number of aryl methyl sites for hydroxylation is 2. The molecule has 4 aromatic rings. The third kappa shape index (κ3) is 2.75. The van der Waals surface area contributed by atoms with Gasteiger partial charge in [-0.15, -0.1) is 5.10 Å². The summed E-state index contributed by atoms with van der Waals surface area (Å²) < 4.78 is 8.07. The summed E-state index contributed by atoms with van der Waals surface area (Å²) in [6.07, 6.45) is 1.68. The molecule has 0 radical (unpaired) electrons. The maximum atomic E-state index is 13.1. The molecule has 0 amide bonds. The third-order valence-electron chi connectivity index (χ3n) is 4.28. The number of carbonyl (C=O) groups excluding carboxylic acids is 1. The van der Waals surface area contributed by atoms with Gasteiger partial charge >= 0.3 is 5.97 Å². The van der Waals surface area contributed by atoms with E-state index in [0.717, 1.165) is 0 Å². The number of carbonyl (C=O) groups is 1. The molecule has 3 heterocycles. The van der Waals surface area contributed by atoms with E-state index in [0.29, 0.717) is 46.1 Å². The van der Waals surface area contributed by atoms with Gasteiger partial charge in [-0.2, -0.15) is 9.50 Å². The van der Waals surface area contributed by atoms with Gasteiger partial charge in [-0.1, -0.05) is 0 Å². The van der Waals surface area contributed by atoms with E-state index in [-0.39, 0.29) is 11.5 Å². The Morgan fingerprint density at radius 1 is 1.11 bits per heavy atom. The van der Waals surface area contributed by atoms with Crippen LogP contribution >= 0.6 is 0 Å². The van der Waals surface area contributed by atoms with Crippen LogP contribution in [0.3, 0.4) is 0 Å². The van der Waals surface area contributed by atoms with Crippen molar-refractivity contribution in [1.29, 1.82) is 0 Å². The van der Waals surface area contributed by atoms with Crippen LogP contribution in [0.2, 0.25) is 0 Å². The van der Waals surface area contributed by atoms with Crippen LogP contribution in [0.5, 0.6) is 0 Å². The van der Waals surface area contributed by atoms with Gasteiger partial charge in [0, 0.05) is 11.9 Å². The van der Waals surface area contributed by atoms with E-state index < -0.39 is 0 Å². The molecule has 1 aromatic carbocycles. The Hall–Kier alpha value is -3.55. The summed E-state index contributed by atoms with van der Waals surface area (Å²) in [6, 6.07) is 8.50. The lowest BCUT2D eigenvalue weighted by molar-refractivity contribution is 0.0526. The molecule has 4 rings (SSSR count). The van der Waals surface area contributed by atoms with E-state index in [4.69, 9.17) is 4.74 Å². The molecule has 0 bridgehead atoms. The molecule has 27 heavy (non-hydrogen) atoms. The zero-order chi connectivity index (χ0) is 19.1. The minimum atomic E-state index is -0.390. The van der Waals surface area contributed by atoms with Crippen LogP contribution in [0.25, 0.3) is 22.4 Å². The zero-order valence-corrected chi connectivity index (χ0v) is 15.1. The lowest BCUT2D eigenvalue weighted by atomic mass is 10.2. The average Bonchev–Trinajstić information content (AvgIpc) is 3.02. The SMILES string of the molecule is CCOC(=O)c1ccc(-n2ccc3c(c(C)nc4nc(C)nn43)c2=O)cc1. The van der Waals surface area contributed by atoms with E-state index in [9.17, 15) is 9.59 Å².